The predicted molar refractivity (Wildman–Crippen MR) is 99.6 cm³/mol. The van der Waals surface area contributed by atoms with Gasteiger partial charge in [-0.25, -0.2) is 0 Å². The molecule has 1 saturated heterocycles. The van der Waals surface area contributed by atoms with Gasteiger partial charge in [0.15, 0.2) is 0 Å². The Labute approximate surface area is 161 Å². The molecule has 1 N–H and O–H groups in total. The molecule has 28 heavy (non-hydrogen) atoms. The maximum atomic E-state index is 12.4. The van der Waals surface area contributed by atoms with E-state index in [1.54, 1.807) is 0 Å². The number of nitrogens with zero attached hydrogens (tertiary/aromatic N) is 2. The first-order valence-electron chi connectivity index (χ1n) is 9.05. The van der Waals surface area contributed by atoms with Crippen LogP contribution in [0.5, 0.6) is 5.75 Å². The molecule has 1 aromatic rings. The van der Waals surface area contributed by atoms with Crippen LogP contribution in [0, 0.1) is 22.0 Å². The summed E-state index contributed by atoms with van der Waals surface area (Å²) < 4.78 is 5.11. The number of hydrogen-bond acceptors (Lipinski definition) is 6. The van der Waals surface area contributed by atoms with Crippen LogP contribution in [-0.4, -0.2) is 41.2 Å². The van der Waals surface area contributed by atoms with E-state index in [0.29, 0.717) is 25.0 Å². The van der Waals surface area contributed by atoms with Crippen LogP contribution in [0.3, 0.4) is 0 Å². The molecule has 148 valence electrons. The molecule has 2 unspecified atom stereocenters. The first-order valence-corrected chi connectivity index (χ1v) is 9.05. The zero-order valence-corrected chi connectivity index (χ0v) is 15.4. The Morgan fingerprint density at radius 3 is 2.46 bits per heavy atom. The minimum Gasteiger partial charge on any atom is -0.495 e. The fourth-order valence-electron chi connectivity index (χ4n) is 3.61. The van der Waals surface area contributed by atoms with Gasteiger partial charge in [0.25, 0.3) is 5.69 Å². The van der Waals surface area contributed by atoms with E-state index in [0.717, 1.165) is 0 Å². The summed E-state index contributed by atoms with van der Waals surface area (Å²) in [6.45, 7) is 0.185. The first kappa shape index (κ1) is 19.5. The van der Waals surface area contributed by atoms with E-state index < -0.39 is 4.92 Å². The van der Waals surface area contributed by atoms with Crippen molar-refractivity contribution >= 4 is 29.1 Å². The highest BCUT2D eigenvalue weighted by Gasteiger charge is 2.46. The number of imide groups is 1. The van der Waals surface area contributed by atoms with Crippen LogP contribution >= 0.6 is 0 Å². The molecule has 9 heteroatoms. The second-order valence-corrected chi connectivity index (χ2v) is 6.78. The summed E-state index contributed by atoms with van der Waals surface area (Å²) in [6, 6.07) is 3.92. The molecule has 3 amide bonds. The van der Waals surface area contributed by atoms with Crippen molar-refractivity contribution in [3.05, 3.63) is 40.5 Å². The number of likely N-dealkylation sites (tertiary alicyclic amines) is 1. The summed E-state index contributed by atoms with van der Waals surface area (Å²) in [4.78, 5) is 48.6. The number of anilines is 1. The molecule has 2 aliphatic rings. The molecule has 0 spiro atoms. The lowest BCUT2D eigenvalue weighted by atomic mass is 9.85. The lowest BCUT2D eigenvalue weighted by molar-refractivity contribution is -0.384. The molecule has 1 fully saturated rings. The summed E-state index contributed by atoms with van der Waals surface area (Å²) in [5.74, 6) is -0.960. The summed E-state index contributed by atoms with van der Waals surface area (Å²) >= 11 is 0. The number of amides is 3. The van der Waals surface area contributed by atoms with Crippen LogP contribution in [0.4, 0.5) is 11.4 Å². The number of carbonyl (C=O) groups is 3. The molecule has 3 rings (SSSR count). The number of nitrogens with one attached hydrogen (secondary N) is 1. The Kier molecular flexibility index (Phi) is 5.72. The van der Waals surface area contributed by atoms with Gasteiger partial charge < -0.3 is 10.1 Å². The average Bonchev–Trinajstić information content (AvgIpc) is 2.93. The molecule has 0 saturated carbocycles. The van der Waals surface area contributed by atoms with E-state index in [1.807, 2.05) is 12.2 Å². The van der Waals surface area contributed by atoms with Gasteiger partial charge in [-0.05, 0) is 25.3 Å². The van der Waals surface area contributed by atoms with Crippen molar-refractivity contribution < 1.29 is 24.0 Å². The van der Waals surface area contributed by atoms with E-state index in [-0.39, 0.29) is 53.9 Å². The Morgan fingerprint density at radius 2 is 1.89 bits per heavy atom. The summed E-state index contributed by atoms with van der Waals surface area (Å²) in [5, 5.41) is 13.5. The van der Waals surface area contributed by atoms with E-state index in [1.165, 1.54) is 30.2 Å². The largest absolute Gasteiger partial charge is 0.495 e. The molecule has 0 bridgehead atoms. The standard InChI is InChI=1S/C19H21N3O6/c1-28-16-9-8-12(22(26)27)11-15(16)20-17(23)7-4-10-21-18(24)13-5-2-3-6-14(13)19(21)25/h2-3,8-9,11,13-14H,4-7,10H2,1H3,(H,20,23). The molecule has 1 aliphatic carbocycles. The van der Waals surface area contributed by atoms with Crippen molar-refractivity contribution in [3.8, 4) is 5.75 Å². The van der Waals surface area contributed by atoms with Crippen LogP contribution in [0.1, 0.15) is 25.7 Å². The van der Waals surface area contributed by atoms with Gasteiger partial charge in [0.1, 0.15) is 5.75 Å². The highest BCUT2D eigenvalue weighted by atomic mass is 16.6. The number of carbonyl (C=O) groups excluding carboxylic acids is 3. The third kappa shape index (κ3) is 3.88. The van der Waals surface area contributed by atoms with Crippen molar-refractivity contribution in [2.24, 2.45) is 11.8 Å². The van der Waals surface area contributed by atoms with Crippen LogP contribution in [0.2, 0.25) is 0 Å². The number of methoxy groups -OCH3 is 1. The first-order chi connectivity index (χ1) is 13.4. The second kappa shape index (κ2) is 8.20. The second-order valence-electron chi connectivity index (χ2n) is 6.78. The number of rotatable bonds is 7. The van der Waals surface area contributed by atoms with Crippen molar-refractivity contribution in [3.63, 3.8) is 0 Å². The normalized spacial score (nSPS) is 20.8. The van der Waals surface area contributed by atoms with Crippen LogP contribution < -0.4 is 10.1 Å². The lowest BCUT2D eigenvalue weighted by Gasteiger charge is -2.14. The van der Waals surface area contributed by atoms with E-state index in [9.17, 15) is 24.5 Å². The fraction of sp³-hybridized carbons (Fsp3) is 0.421. The van der Waals surface area contributed by atoms with Gasteiger partial charge >= 0.3 is 0 Å². The predicted octanol–water partition coefficient (Wildman–Crippen LogP) is 2.27. The van der Waals surface area contributed by atoms with Crippen molar-refractivity contribution in [2.45, 2.75) is 25.7 Å². The SMILES string of the molecule is COc1ccc([N+](=O)[O-])cc1NC(=O)CCCN1C(=O)C2CC=CCC2C1=O. The van der Waals surface area contributed by atoms with E-state index in [2.05, 4.69) is 5.32 Å². The van der Waals surface area contributed by atoms with Gasteiger partial charge in [0.05, 0.1) is 29.6 Å². The monoisotopic (exact) mass is 387 g/mol. The number of hydrogen-bond donors (Lipinski definition) is 1. The Hall–Kier alpha value is -3.23. The molecule has 9 nitrogen and oxygen atoms in total. The van der Waals surface area contributed by atoms with Gasteiger partial charge in [-0.2, -0.15) is 0 Å². The Bertz CT molecular complexity index is 824. The van der Waals surface area contributed by atoms with Crippen molar-refractivity contribution in [1.82, 2.24) is 4.90 Å². The number of non-ortho nitro benzene ring substituents is 1. The summed E-state index contributed by atoms with van der Waals surface area (Å²) in [7, 11) is 1.40. The molecule has 0 aromatic heterocycles. The number of ether oxygens (including phenoxy) is 1. The molecule has 1 heterocycles. The van der Waals surface area contributed by atoms with E-state index >= 15 is 0 Å². The van der Waals surface area contributed by atoms with Crippen LogP contribution in [0.25, 0.3) is 0 Å². The highest BCUT2D eigenvalue weighted by Crippen LogP contribution is 2.35. The number of benzene rings is 1. The van der Waals surface area contributed by atoms with E-state index in [4.69, 9.17) is 4.74 Å². The van der Waals surface area contributed by atoms with Crippen LogP contribution in [-0.2, 0) is 14.4 Å². The molecular weight excluding hydrogens is 366 g/mol. The maximum Gasteiger partial charge on any atom is 0.271 e. The third-order valence-electron chi connectivity index (χ3n) is 5.05. The van der Waals surface area contributed by atoms with Gasteiger partial charge in [-0.3, -0.25) is 29.4 Å². The Morgan fingerprint density at radius 1 is 1.25 bits per heavy atom. The van der Waals surface area contributed by atoms with Crippen LogP contribution in [0.15, 0.2) is 30.4 Å². The topological polar surface area (TPSA) is 119 Å². The lowest BCUT2D eigenvalue weighted by Crippen LogP contribution is -2.32. The third-order valence-corrected chi connectivity index (χ3v) is 5.05. The van der Waals surface area contributed by atoms with Crippen molar-refractivity contribution in [2.75, 3.05) is 19.0 Å². The number of nitro benzene ring substituents is 1. The summed E-state index contributed by atoms with van der Waals surface area (Å²) in [5.41, 5.74) is 0.0349. The molecule has 1 aromatic carbocycles. The molecule has 1 aliphatic heterocycles. The number of nitro groups is 1. The minimum atomic E-state index is -0.562. The van der Waals surface area contributed by atoms with Gasteiger partial charge in [-0.15, -0.1) is 0 Å². The fourth-order valence-corrected chi connectivity index (χ4v) is 3.61. The van der Waals surface area contributed by atoms with Gasteiger partial charge in [0.2, 0.25) is 17.7 Å². The number of fused-ring (bicyclic) bond motifs is 1. The molecule has 2 atom stereocenters. The zero-order chi connectivity index (χ0) is 20.3. The quantitative estimate of drug-likeness (QED) is 0.332. The smallest absolute Gasteiger partial charge is 0.271 e. The average molecular weight is 387 g/mol. The minimum absolute atomic E-state index is 0.0660. The number of allylic oxidation sites excluding steroid dienone is 2. The summed E-state index contributed by atoms with van der Waals surface area (Å²) in [6.07, 6.45) is 5.40. The maximum absolute atomic E-state index is 12.4. The van der Waals surface area contributed by atoms with Crippen molar-refractivity contribution in [1.29, 1.82) is 0 Å². The molecule has 0 radical (unpaired) electrons. The zero-order valence-electron chi connectivity index (χ0n) is 15.4. The Balaban J connectivity index is 1.55. The van der Waals surface area contributed by atoms with Gasteiger partial charge in [0, 0.05) is 25.1 Å². The van der Waals surface area contributed by atoms with Gasteiger partial charge in [-0.1, -0.05) is 12.2 Å². The highest BCUT2D eigenvalue weighted by molar-refractivity contribution is 6.05. The molecular formula is C19H21N3O6.